The molecule has 0 saturated carbocycles. The molecule has 142 valence electrons. The highest BCUT2D eigenvalue weighted by atomic mass is 79.9. The van der Waals surface area contributed by atoms with E-state index < -0.39 is 0 Å². The predicted molar refractivity (Wildman–Crippen MR) is 112 cm³/mol. The average Bonchev–Trinajstić information content (AvgIpc) is 3.27. The summed E-state index contributed by atoms with van der Waals surface area (Å²) in [5.74, 6) is 1.26. The average molecular weight is 456 g/mol. The Kier molecular flexibility index (Phi) is 5.59. The van der Waals surface area contributed by atoms with Gasteiger partial charge in [0, 0.05) is 23.7 Å². The maximum atomic E-state index is 5.81. The van der Waals surface area contributed by atoms with Gasteiger partial charge >= 0.3 is 0 Å². The van der Waals surface area contributed by atoms with Crippen LogP contribution in [0.25, 0.3) is 11.1 Å². The van der Waals surface area contributed by atoms with Crippen molar-refractivity contribution in [3.8, 4) is 11.1 Å². The summed E-state index contributed by atoms with van der Waals surface area (Å²) >= 11 is 5.06. The Labute approximate surface area is 175 Å². The number of halogens is 1. The molecule has 0 aliphatic heterocycles. The van der Waals surface area contributed by atoms with Crippen molar-refractivity contribution in [2.24, 2.45) is 0 Å². The van der Waals surface area contributed by atoms with Crippen LogP contribution in [0.4, 0.5) is 0 Å². The maximum absolute atomic E-state index is 5.81. The van der Waals surface area contributed by atoms with E-state index in [1.54, 1.807) is 0 Å². The highest BCUT2D eigenvalue weighted by Crippen LogP contribution is 2.29. The van der Waals surface area contributed by atoms with Gasteiger partial charge in [0.15, 0.2) is 0 Å². The molecule has 4 rings (SSSR count). The van der Waals surface area contributed by atoms with Crippen LogP contribution in [0.5, 0.6) is 0 Å². The number of benzene rings is 1. The minimum absolute atomic E-state index is 0.455. The van der Waals surface area contributed by atoms with Gasteiger partial charge < -0.3 is 4.42 Å². The van der Waals surface area contributed by atoms with Gasteiger partial charge in [0.2, 0.25) is 5.89 Å². The zero-order valence-corrected chi connectivity index (χ0v) is 17.9. The van der Waals surface area contributed by atoms with E-state index in [0.29, 0.717) is 17.7 Å². The van der Waals surface area contributed by atoms with E-state index in [2.05, 4.69) is 48.3 Å². The number of rotatable bonds is 6. The normalized spacial score (nSPS) is 11.1. The molecule has 6 nitrogen and oxygen atoms in total. The molecule has 0 saturated heterocycles. The minimum Gasteiger partial charge on any atom is -0.414 e. The van der Waals surface area contributed by atoms with E-state index in [4.69, 9.17) is 4.42 Å². The van der Waals surface area contributed by atoms with Gasteiger partial charge in [0.25, 0.3) is 5.22 Å². The van der Waals surface area contributed by atoms with Crippen LogP contribution in [0.1, 0.15) is 22.8 Å². The van der Waals surface area contributed by atoms with Crippen molar-refractivity contribution in [3.05, 3.63) is 76.1 Å². The third-order valence-electron chi connectivity index (χ3n) is 4.37. The van der Waals surface area contributed by atoms with E-state index in [1.165, 1.54) is 17.3 Å². The standard InChI is InChI=1S/C20H18BrN5OS/c1-13-19(21)14(2)26(25-13)11-18-23-24-20(27-18)28-12-16-8-9-22-10-17(16)15-6-4-3-5-7-15/h3-10H,11-12H2,1-2H3. The zero-order valence-electron chi connectivity index (χ0n) is 15.5. The second-order valence-corrected chi connectivity index (χ2v) is 8.01. The van der Waals surface area contributed by atoms with Gasteiger partial charge in [-0.3, -0.25) is 9.67 Å². The molecule has 0 radical (unpaired) electrons. The quantitative estimate of drug-likeness (QED) is 0.379. The first-order valence-corrected chi connectivity index (χ1v) is 10.5. The van der Waals surface area contributed by atoms with Crippen molar-refractivity contribution in [2.75, 3.05) is 0 Å². The first kappa shape index (κ1) is 18.9. The van der Waals surface area contributed by atoms with Crippen LogP contribution in [0.2, 0.25) is 0 Å². The summed E-state index contributed by atoms with van der Waals surface area (Å²) in [7, 11) is 0. The Hall–Kier alpha value is -2.45. The second-order valence-electron chi connectivity index (χ2n) is 6.29. The number of aryl methyl sites for hydroxylation is 1. The summed E-state index contributed by atoms with van der Waals surface area (Å²) in [4.78, 5) is 4.27. The Morgan fingerprint density at radius 3 is 2.68 bits per heavy atom. The molecule has 0 aliphatic rings. The number of hydrogen-bond donors (Lipinski definition) is 0. The summed E-state index contributed by atoms with van der Waals surface area (Å²) in [6, 6.07) is 12.3. The predicted octanol–water partition coefficient (Wildman–Crippen LogP) is 5.05. The lowest BCUT2D eigenvalue weighted by Gasteiger charge is -2.07. The lowest BCUT2D eigenvalue weighted by Crippen LogP contribution is -2.04. The number of nitrogens with zero attached hydrogens (tertiary/aromatic N) is 5. The summed E-state index contributed by atoms with van der Waals surface area (Å²) in [6.07, 6.45) is 3.70. The Morgan fingerprint density at radius 1 is 1.11 bits per heavy atom. The van der Waals surface area contributed by atoms with Crippen molar-refractivity contribution < 1.29 is 4.42 Å². The van der Waals surface area contributed by atoms with E-state index in [-0.39, 0.29) is 0 Å². The first-order valence-electron chi connectivity index (χ1n) is 8.75. The summed E-state index contributed by atoms with van der Waals surface area (Å²) < 4.78 is 8.67. The minimum atomic E-state index is 0.455. The SMILES string of the molecule is Cc1nn(Cc2nnc(SCc3ccncc3-c3ccccc3)o2)c(C)c1Br. The van der Waals surface area contributed by atoms with Crippen LogP contribution in [0, 0.1) is 13.8 Å². The molecule has 0 fully saturated rings. The van der Waals surface area contributed by atoms with E-state index in [9.17, 15) is 0 Å². The maximum Gasteiger partial charge on any atom is 0.276 e. The molecule has 0 atom stereocenters. The van der Waals surface area contributed by atoms with Crippen molar-refractivity contribution in [1.82, 2.24) is 25.0 Å². The molecule has 3 aromatic heterocycles. The summed E-state index contributed by atoms with van der Waals surface area (Å²) in [6.45, 7) is 4.42. The number of pyridine rings is 1. The first-order chi connectivity index (χ1) is 13.6. The van der Waals surface area contributed by atoms with Crippen LogP contribution in [-0.4, -0.2) is 25.0 Å². The van der Waals surface area contributed by atoms with Gasteiger partial charge in [0.05, 0.1) is 15.9 Å². The molecule has 0 bridgehead atoms. The molecule has 0 unspecified atom stereocenters. The van der Waals surface area contributed by atoms with Gasteiger partial charge in [-0.1, -0.05) is 42.1 Å². The summed E-state index contributed by atoms with van der Waals surface area (Å²) in [5, 5.41) is 13.4. The fourth-order valence-electron chi connectivity index (χ4n) is 2.88. The monoisotopic (exact) mass is 455 g/mol. The fraction of sp³-hybridized carbons (Fsp3) is 0.200. The van der Waals surface area contributed by atoms with E-state index >= 15 is 0 Å². The van der Waals surface area contributed by atoms with Gasteiger partial charge in [-0.2, -0.15) is 5.10 Å². The van der Waals surface area contributed by atoms with Crippen molar-refractivity contribution in [2.45, 2.75) is 31.4 Å². The third-order valence-corrected chi connectivity index (χ3v) is 6.39. The van der Waals surface area contributed by atoms with Gasteiger partial charge in [-0.05, 0) is 47.0 Å². The molecular formula is C20H18BrN5OS. The molecule has 3 heterocycles. The summed E-state index contributed by atoms with van der Waals surface area (Å²) in [5.41, 5.74) is 5.41. The van der Waals surface area contributed by atoms with Crippen molar-refractivity contribution in [3.63, 3.8) is 0 Å². The second kappa shape index (κ2) is 8.28. The fourth-order valence-corrected chi connectivity index (χ4v) is 3.95. The third kappa shape index (κ3) is 4.02. The van der Waals surface area contributed by atoms with Crippen LogP contribution in [0.15, 0.2) is 62.9 Å². The van der Waals surface area contributed by atoms with Gasteiger partial charge in [0.1, 0.15) is 6.54 Å². The Morgan fingerprint density at radius 2 is 1.93 bits per heavy atom. The lowest BCUT2D eigenvalue weighted by atomic mass is 10.0. The largest absolute Gasteiger partial charge is 0.414 e. The Bertz CT molecular complexity index is 1090. The molecule has 28 heavy (non-hydrogen) atoms. The number of hydrogen-bond acceptors (Lipinski definition) is 6. The van der Waals surface area contributed by atoms with Crippen LogP contribution >= 0.6 is 27.7 Å². The molecule has 0 N–H and O–H groups in total. The highest BCUT2D eigenvalue weighted by molar-refractivity contribution is 9.10. The van der Waals surface area contributed by atoms with Crippen LogP contribution < -0.4 is 0 Å². The topological polar surface area (TPSA) is 69.6 Å². The zero-order chi connectivity index (χ0) is 19.5. The molecule has 0 spiro atoms. The molecule has 1 aromatic carbocycles. The molecular weight excluding hydrogens is 438 g/mol. The van der Waals surface area contributed by atoms with E-state index in [1.807, 2.05) is 55.2 Å². The molecule has 4 aromatic rings. The molecule has 0 aliphatic carbocycles. The Balaban J connectivity index is 1.46. The van der Waals surface area contributed by atoms with Gasteiger partial charge in [-0.15, -0.1) is 10.2 Å². The number of thioether (sulfide) groups is 1. The van der Waals surface area contributed by atoms with Crippen molar-refractivity contribution >= 4 is 27.7 Å². The van der Waals surface area contributed by atoms with Crippen LogP contribution in [-0.2, 0) is 12.3 Å². The molecule has 8 heteroatoms. The lowest BCUT2D eigenvalue weighted by molar-refractivity contribution is 0.396. The van der Waals surface area contributed by atoms with Gasteiger partial charge in [-0.25, -0.2) is 0 Å². The number of aromatic nitrogens is 5. The van der Waals surface area contributed by atoms with Crippen LogP contribution in [0.3, 0.4) is 0 Å². The smallest absolute Gasteiger partial charge is 0.276 e. The molecule has 0 amide bonds. The van der Waals surface area contributed by atoms with E-state index in [0.717, 1.165) is 32.7 Å². The highest BCUT2D eigenvalue weighted by Gasteiger charge is 2.14. The van der Waals surface area contributed by atoms with Crippen molar-refractivity contribution in [1.29, 1.82) is 0 Å².